The first-order chi connectivity index (χ1) is 37.2. The zero-order chi connectivity index (χ0) is 55.5. The molecule has 0 rings (SSSR count). The lowest BCUT2D eigenvalue weighted by atomic mass is 10.1. The van der Waals surface area contributed by atoms with E-state index < -0.39 is 57.8 Å². The highest BCUT2D eigenvalue weighted by molar-refractivity contribution is 7.47. The Labute approximate surface area is 461 Å². The number of aliphatic hydroxyl groups is 1. The predicted molar refractivity (Wildman–Crippen MR) is 316 cm³/mol. The van der Waals surface area contributed by atoms with Crippen molar-refractivity contribution >= 4 is 25.7 Å². The average molecular weight is 1080 g/mol. The summed E-state index contributed by atoms with van der Waals surface area (Å²) in [7, 11) is -4.79. The van der Waals surface area contributed by atoms with Crippen LogP contribution in [0.3, 0.4) is 0 Å². The summed E-state index contributed by atoms with van der Waals surface area (Å²) in [6.45, 7) is 4.21. The average Bonchev–Trinajstić information content (AvgIpc) is 3.41. The summed E-state index contributed by atoms with van der Waals surface area (Å²) in [6.07, 6.45) is 71.6. The molecule has 0 radical (unpaired) electrons. The highest BCUT2D eigenvalue weighted by atomic mass is 31.2. The van der Waals surface area contributed by atoms with Gasteiger partial charge in [0.2, 0.25) is 0 Å². The van der Waals surface area contributed by atoms with E-state index in [9.17, 15) is 28.9 Å². The van der Waals surface area contributed by atoms with E-state index in [1.165, 1.54) is 57.8 Å². The van der Waals surface area contributed by atoms with Gasteiger partial charge in [-0.25, -0.2) is 4.57 Å². The number of carbonyl (C=O) groups is 3. The van der Waals surface area contributed by atoms with Crippen molar-refractivity contribution in [1.29, 1.82) is 0 Å². The second-order valence-electron chi connectivity index (χ2n) is 18.7. The number of rotatable bonds is 52. The first kappa shape index (κ1) is 71.6. The first-order valence-electron chi connectivity index (χ1n) is 29.1. The van der Waals surface area contributed by atoms with E-state index in [1.807, 2.05) is 18.2 Å². The van der Waals surface area contributed by atoms with Crippen molar-refractivity contribution in [3.63, 3.8) is 0 Å². The smallest absolute Gasteiger partial charge is 0.462 e. The van der Waals surface area contributed by atoms with Crippen LogP contribution in [0.1, 0.15) is 213 Å². The molecule has 430 valence electrons. The Kier molecular flexibility index (Phi) is 53.5. The van der Waals surface area contributed by atoms with Crippen molar-refractivity contribution in [3.05, 3.63) is 134 Å². The van der Waals surface area contributed by atoms with Gasteiger partial charge in [-0.1, -0.05) is 212 Å². The maximum atomic E-state index is 12.9. The van der Waals surface area contributed by atoms with Crippen LogP contribution in [0.25, 0.3) is 0 Å². The molecule has 3 atom stereocenters. The minimum Gasteiger partial charge on any atom is -0.462 e. The summed E-state index contributed by atoms with van der Waals surface area (Å²) in [5.74, 6) is -1.68. The predicted octanol–water partition coefficient (Wildman–Crippen LogP) is 17.4. The van der Waals surface area contributed by atoms with Crippen LogP contribution in [0.2, 0.25) is 0 Å². The molecule has 0 saturated carbocycles. The molecule has 0 aliphatic heterocycles. The van der Waals surface area contributed by atoms with E-state index in [0.717, 1.165) is 96.3 Å². The Morgan fingerprint density at radius 3 is 1.18 bits per heavy atom. The maximum Gasteiger partial charge on any atom is 0.472 e. The Morgan fingerprint density at radius 2 is 0.737 bits per heavy atom. The van der Waals surface area contributed by atoms with Crippen LogP contribution in [0.5, 0.6) is 0 Å². The number of carbonyl (C=O) groups excluding carboxylic acids is 3. The van der Waals surface area contributed by atoms with Crippen LogP contribution < -0.4 is 0 Å². The van der Waals surface area contributed by atoms with E-state index in [-0.39, 0.29) is 25.9 Å². The van der Waals surface area contributed by atoms with E-state index in [2.05, 4.69) is 130 Å². The summed E-state index contributed by atoms with van der Waals surface area (Å²) >= 11 is 0. The minimum atomic E-state index is -4.79. The number of phosphoric acid groups is 1. The number of hydrogen-bond donors (Lipinski definition) is 2. The van der Waals surface area contributed by atoms with Gasteiger partial charge in [0, 0.05) is 12.8 Å². The molecule has 0 spiro atoms. The summed E-state index contributed by atoms with van der Waals surface area (Å²) in [5.41, 5.74) is 0. The van der Waals surface area contributed by atoms with Gasteiger partial charge >= 0.3 is 25.7 Å². The van der Waals surface area contributed by atoms with Crippen LogP contribution in [0, 0.1) is 0 Å². The van der Waals surface area contributed by atoms with Gasteiger partial charge in [-0.15, -0.1) is 0 Å². The van der Waals surface area contributed by atoms with E-state index in [4.69, 9.17) is 23.3 Å². The van der Waals surface area contributed by atoms with Gasteiger partial charge in [-0.2, -0.15) is 0 Å². The van der Waals surface area contributed by atoms with Crippen molar-refractivity contribution in [1.82, 2.24) is 0 Å². The van der Waals surface area contributed by atoms with E-state index in [0.29, 0.717) is 19.3 Å². The SMILES string of the molecule is CC/C=C\C/C=C\C/C=C\C/C=C\C/C=C\CC(=O)OC(COC(=O)CCCCCCCCCCC/C=C\C/C=C\CCCCC)COP(=O)(O)OCC(CO)OC(=O)CCCC/C=C\C/C=C\C/C=C\C/C=C\CC. The largest absolute Gasteiger partial charge is 0.472 e. The molecular weight excluding hydrogens is 976 g/mol. The number of esters is 3. The molecule has 0 amide bonds. The van der Waals surface area contributed by atoms with Gasteiger partial charge in [-0.05, 0) is 116 Å². The quantitative estimate of drug-likeness (QED) is 0.0197. The van der Waals surface area contributed by atoms with E-state index in [1.54, 1.807) is 6.08 Å². The molecule has 0 saturated heterocycles. The fraction of sp³-hybridized carbons (Fsp3) is 0.609. The molecular formula is C64H103O11P. The Bertz CT molecular complexity index is 1780. The third kappa shape index (κ3) is 54.4. The molecule has 0 aromatic heterocycles. The normalized spacial score (nSPS) is 14.3. The maximum absolute atomic E-state index is 12.9. The standard InChI is InChI=1S/C64H103O11P/c1-4-7-10-13-16-19-22-25-28-29-30-31-34-35-38-41-44-47-50-53-62(66)71-57-61(75-64(68)55-52-49-46-43-40-37-33-27-24-21-18-15-12-9-6-3)59-73-76(69,70)72-58-60(56-65)74-63(67)54-51-48-45-42-39-36-32-26-23-20-17-14-11-8-5-2/h8-9,11-12,16-21,25-28,32-33,39-40,42-43,49,52,60-61,65H,4-7,10,13-15,22-24,29-31,34-38,41,44-48,50-51,53-59H2,1-3H3,(H,69,70)/b11-8-,12-9-,19-16-,20-17-,21-18-,28-25-,32-26-,33-27-,42-39-,43-40-,52-49-. The lowest BCUT2D eigenvalue weighted by Crippen LogP contribution is -2.30. The van der Waals surface area contributed by atoms with Gasteiger partial charge in [-0.3, -0.25) is 23.4 Å². The molecule has 0 fully saturated rings. The minimum absolute atomic E-state index is 0.0755. The molecule has 0 bridgehead atoms. The third-order valence-electron chi connectivity index (χ3n) is 11.6. The van der Waals surface area contributed by atoms with Crippen LogP contribution in [0.4, 0.5) is 0 Å². The second kappa shape index (κ2) is 56.8. The molecule has 11 nitrogen and oxygen atoms in total. The zero-order valence-electron chi connectivity index (χ0n) is 47.4. The monoisotopic (exact) mass is 1080 g/mol. The molecule has 0 heterocycles. The topological polar surface area (TPSA) is 155 Å². The van der Waals surface area contributed by atoms with Gasteiger partial charge in [0.1, 0.15) is 12.7 Å². The van der Waals surface area contributed by atoms with Crippen LogP contribution in [0.15, 0.2) is 134 Å². The Balaban J connectivity index is 4.86. The van der Waals surface area contributed by atoms with Crippen LogP contribution >= 0.6 is 7.82 Å². The Hall–Kier alpha value is -4.38. The molecule has 0 aliphatic rings. The molecule has 0 aromatic rings. The lowest BCUT2D eigenvalue weighted by molar-refractivity contribution is -0.160. The summed E-state index contributed by atoms with van der Waals surface area (Å²) in [6, 6.07) is 0. The zero-order valence-corrected chi connectivity index (χ0v) is 48.3. The molecule has 3 unspecified atom stereocenters. The first-order valence-corrected chi connectivity index (χ1v) is 30.6. The highest BCUT2D eigenvalue weighted by Crippen LogP contribution is 2.43. The van der Waals surface area contributed by atoms with Crippen molar-refractivity contribution in [2.75, 3.05) is 26.4 Å². The van der Waals surface area contributed by atoms with Gasteiger partial charge < -0.3 is 24.2 Å². The molecule has 0 aliphatic carbocycles. The summed E-state index contributed by atoms with van der Waals surface area (Å²) < 4.78 is 39.3. The second-order valence-corrected chi connectivity index (χ2v) is 20.2. The number of ether oxygens (including phenoxy) is 3. The lowest BCUT2D eigenvalue weighted by Gasteiger charge is -2.21. The number of hydrogen-bond acceptors (Lipinski definition) is 10. The molecule has 12 heteroatoms. The Morgan fingerprint density at radius 1 is 0.395 bits per heavy atom. The number of aliphatic hydroxyl groups excluding tert-OH is 1. The van der Waals surface area contributed by atoms with E-state index >= 15 is 0 Å². The van der Waals surface area contributed by atoms with Gasteiger partial charge in [0.15, 0.2) is 6.10 Å². The molecule has 0 aromatic carbocycles. The van der Waals surface area contributed by atoms with Gasteiger partial charge in [0.05, 0.1) is 26.2 Å². The number of unbranched alkanes of at least 4 members (excludes halogenated alkanes) is 14. The van der Waals surface area contributed by atoms with Crippen molar-refractivity contribution in [2.45, 2.75) is 226 Å². The van der Waals surface area contributed by atoms with Crippen molar-refractivity contribution in [3.8, 4) is 0 Å². The van der Waals surface area contributed by atoms with Crippen LogP contribution in [-0.2, 0) is 42.2 Å². The third-order valence-corrected chi connectivity index (χ3v) is 12.5. The fourth-order valence-corrected chi connectivity index (χ4v) is 8.00. The molecule has 76 heavy (non-hydrogen) atoms. The van der Waals surface area contributed by atoms with Gasteiger partial charge in [0.25, 0.3) is 0 Å². The summed E-state index contributed by atoms with van der Waals surface area (Å²) in [4.78, 5) is 48.5. The van der Waals surface area contributed by atoms with Crippen molar-refractivity contribution < 1.29 is 52.2 Å². The molecule has 2 N–H and O–H groups in total. The van der Waals surface area contributed by atoms with Crippen LogP contribution in [-0.4, -0.2) is 66.5 Å². The highest BCUT2D eigenvalue weighted by Gasteiger charge is 2.28. The fourth-order valence-electron chi connectivity index (χ4n) is 7.22. The number of phosphoric ester groups is 1. The van der Waals surface area contributed by atoms with Crippen molar-refractivity contribution in [2.24, 2.45) is 0 Å². The summed E-state index contributed by atoms with van der Waals surface area (Å²) in [5, 5.41) is 9.81. The number of allylic oxidation sites excluding steroid dienone is 21.